The van der Waals surface area contributed by atoms with E-state index < -0.39 is 0 Å². The molecule has 0 amide bonds. The Morgan fingerprint density at radius 1 is 1.56 bits per heavy atom. The molecule has 2 fully saturated rings. The van der Waals surface area contributed by atoms with Gasteiger partial charge >= 0.3 is 0 Å². The number of aliphatic hydroxyl groups is 1. The predicted octanol–water partition coefficient (Wildman–Crippen LogP) is -0.174. The average molecular weight is 145 g/mol. The molecule has 0 radical (unpaired) electrons. The summed E-state index contributed by atoms with van der Waals surface area (Å²) in [7, 11) is 0. The minimum absolute atomic E-state index is 0.0305. The fraction of sp³-hybridized carbons (Fsp3) is 1.00. The van der Waals surface area contributed by atoms with E-state index in [0.717, 1.165) is 25.3 Å². The molecule has 0 aliphatic carbocycles. The lowest BCUT2D eigenvalue weighted by Crippen LogP contribution is -2.55. The van der Waals surface area contributed by atoms with Gasteiger partial charge in [-0.1, -0.05) is 0 Å². The van der Waals surface area contributed by atoms with Crippen molar-refractivity contribution in [1.82, 2.24) is 5.32 Å². The van der Waals surface area contributed by atoms with Crippen molar-refractivity contribution in [3.8, 4) is 0 Å². The highest BCUT2D eigenvalue weighted by Crippen LogP contribution is 2.40. The predicted molar refractivity (Wildman–Crippen MR) is 38.7 cm³/mol. The van der Waals surface area contributed by atoms with Crippen LogP contribution in [-0.2, 0) is 0 Å². The van der Waals surface area contributed by atoms with Crippen LogP contribution in [0.25, 0.3) is 0 Å². The summed E-state index contributed by atoms with van der Waals surface area (Å²) in [4.78, 5) is 0. The van der Waals surface area contributed by atoms with Crippen molar-refractivity contribution in [3.63, 3.8) is 0 Å². The molecule has 0 aromatic heterocycles. The van der Waals surface area contributed by atoms with E-state index in [4.69, 9.17) is 0 Å². The van der Waals surface area contributed by atoms with E-state index in [1.807, 2.05) is 11.8 Å². The van der Waals surface area contributed by atoms with Crippen LogP contribution in [0.4, 0.5) is 0 Å². The van der Waals surface area contributed by atoms with Crippen LogP contribution in [0.5, 0.6) is 0 Å². The molecule has 2 aliphatic rings. The Hall–Kier alpha value is 0.270. The first-order valence-electron chi connectivity index (χ1n) is 3.34. The summed E-state index contributed by atoms with van der Waals surface area (Å²) in [5, 5.41) is 12.4. The number of hydrogen-bond acceptors (Lipinski definition) is 3. The van der Waals surface area contributed by atoms with Gasteiger partial charge in [0.15, 0.2) is 0 Å². The SMILES string of the molecule is OC1CSC2(CNC2)C1. The Morgan fingerprint density at radius 2 is 2.33 bits per heavy atom. The van der Waals surface area contributed by atoms with E-state index in [-0.39, 0.29) is 6.10 Å². The normalized spacial score (nSPS) is 39.0. The van der Waals surface area contributed by atoms with Gasteiger partial charge < -0.3 is 10.4 Å². The van der Waals surface area contributed by atoms with Gasteiger partial charge in [-0.15, -0.1) is 11.8 Å². The molecular weight excluding hydrogens is 134 g/mol. The van der Waals surface area contributed by atoms with Gasteiger partial charge in [-0.25, -0.2) is 0 Å². The van der Waals surface area contributed by atoms with Gasteiger partial charge in [0.25, 0.3) is 0 Å². The Labute approximate surface area is 59.0 Å². The lowest BCUT2D eigenvalue weighted by Gasteiger charge is -2.38. The molecule has 2 nitrogen and oxygen atoms in total. The summed E-state index contributed by atoms with van der Waals surface area (Å²) < 4.78 is 0.444. The van der Waals surface area contributed by atoms with Crippen molar-refractivity contribution < 1.29 is 5.11 Å². The van der Waals surface area contributed by atoms with Crippen LogP contribution in [-0.4, -0.2) is 34.8 Å². The third kappa shape index (κ3) is 0.876. The van der Waals surface area contributed by atoms with E-state index in [1.165, 1.54) is 0 Å². The zero-order chi connectivity index (χ0) is 6.32. The number of nitrogens with one attached hydrogen (secondary N) is 1. The standard InChI is InChI=1S/C6H11NOS/c8-5-1-6(9-2-5)3-7-4-6/h5,7-8H,1-4H2. The molecule has 0 aromatic rings. The molecule has 0 bridgehead atoms. The van der Waals surface area contributed by atoms with Crippen LogP contribution < -0.4 is 5.32 Å². The molecule has 0 saturated carbocycles. The molecule has 52 valence electrons. The molecule has 3 heteroatoms. The summed E-state index contributed by atoms with van der Waals surface area (Å²) in [5.41, 5.74) is 0. The number of rotatable bonds is 0. The quantitative estimate of drug-likeness (QED) is 0.496. The Balaban J connectivity index is 1.99. The van der Waals surface area contributed by atoms with Gasteiger partial charge in [0.1, 0.15) is 0 Å². The summed E-state index contributed by atoms with van der Waals surface area (Å²) in [6.07, 6.45) is 0.974. The van der Waals surface area contributed by atoms with Gasteiger partial charge in [0, 0.05) is 23.6 Å². The van der Waals surface area contributed by atoms with Crippen molar-refractivity contribution in [2.45, 2.75) is 17.3 Å². The molecule has 1 unspecified atom stereocenters. The third-order valence-corrected chi connectivity index (χ3v) is 3.70. The third-order valence-electron chi connectivity index (χ3n) is 2.08. The van der Waals surface area contributed by atoms with Gasteiger partial charge in [-0.3, -0.25) is 0 Å². The molecule has 2 heterocycles. The zero-order valence-corrected chi connectivity index (χ0v) is 6.08. The van der Waals surface area contributed by atoms with Gasteiger partial charge in [0.2, 0.25) is 0 Å². The Kier molecular flexibility index (Phi) is 1.25. The molecule has 2 N–H and O–H groups in total. The van der Waals surface area contributed by atoms with Crippen molar-refractivity contribution in [1.29, 1.82) is 0 Å². The van der Waals surface area contributed by atoms with E-state index in [0.29, 0.717) is 4.75 Å². The van der Waals surface area contributed by atoms with Crippen LogP contribution in [0.1, 0.15) is 6.42 Å². The minimum atomic E-state index is -0.0305. The maximum atomic E-state index is 9.18. The largest absolute Gasteiger partial charge is 0.392 e. The smallest absolute Gasteiger partial charge is 0.0645 e. The van der Waals surface area contributed by atoms with Crippen molar-refractivity contribution in [2.24, 2.45) is 0 Å². The molecule has 1 atom stereocenters. The number of thioether (sulfide) groups is 1. The summed E-state index contributed by atoms with van der Waals surface area (Å²) >= 11 is 1.93. The second-order valence-corrected chi connectivity index (χ2v) is 4.44. The van der Waals surface area contributed by atoms with Crippen LogP contribution in [0.2, 0.25) is 0 Å². The van der Waals surface area contributed by atoms with E-state index in [1.54, 1.807) is 0 Å². The molecule has 0 aromatic carbocycles. The Morgan fingerprint density at radius 3 is 2.56 bits per heavy atom. The Bertz CT molecular complexity index is 124. The second kappa shape index (κ2) is 1.87. The van der Waals surface area contributed by atoms with Crippen LogP contribution in [0.3, 0.4) is 0 Å². The van der Waals surface area contributed by atoms with Crippen LogP contribution in [0.15, 0.2) is 0 Å². The molecule has 2 rings (SSSR count). The first kappa shape index (κ1) is 6.01. The lowest BCUT2D eigenvalue weighted by atomic mass is 9.96. The van der Waals surface area contributed by atoms with Crippen molar-refractivity contribution in [3.05, 3.63) is 0 Å². The number of aliphatic hydroxyl groups excluding tert-OH is 1. The molecule has 9 heavy (non-hydrogen) atoms. The van der Waals surface area contributed by atoms with E-state index >= 15 is 0 Å². The van der Waals surface area contributed by atoms with E-state index in [2.05, 4.69) is 5.32 Å². The van der Waals surface area contributed by atoms with Gasteiger partial charge in [0.05, 0.1) is 6.10 Å². The van der Waals surface area contributed by atoms with Crippen molar-refractivity contribution >= 4 is 11.8 Å². The monoisotopic (exact) mass is 145 g/mol. The highest BCUT2D eigenvalue weighted by atomic mass is 32.2. The maximum absolute atomic E-state index is 9.18. The van der Waals surface area contributed by atoms with Gasteiger partial charge in [-0.05, 0) is 6.42 Å². The fourth-order valence-corrected chi connectivity index (χ4v) is 2.85. The maximum Gasteiger partial charge on any atom is 0.0645 e. The zero-order valence-electron chi connectivity index (χ0n) is 5.26. The highest BCUT2D eigenvalue weighted by Gasteiger charge is 2.43. The summed E-state index contributed by atoms with van der Waals surface area (Å²) in [6.45, 7) is 2.21. The first-order valence-corrected chi connectivity index (χ1v) is 4.32. The van der Waals surface area contributed by atoms with E-state index in [9.17, 15) is 5.11 Å². The highest BCUT2D eigenvalue weighted by molar-refractivity contribution is 8.01. The van der Waals surface area contributed by atoms with Gasteiger partial charge in [-0.2, -0.15) is 0 Å². The topological polar surface area (TPSA) is 32.3 Å². The molecular formula is C6H11NOS. The molecule has 2 aliphatic heterocycles. The van der Waals surface area contributed by atoms with Crippen molar-refractivity contribution in [2.75, 3.05) is 18.8 Å². The lowest BCUT2D eigenvalue weighted by molar-refractivity contribution is 0.172. The first-order chi connectivity index (χ1) is 4.31. The second-order valence-electron chi connectivity index (χ2n) is 2.96. The molecule has 2 saturated heterocycles. The van der Waals surface area contributed by atoms with Crippen LogP contribution >= 0.6 is 11.8 Å². The fourth-order valence-electron chi connectivity index (χ4n) is 1.47. The summed E-state index contributed by atoms with van der Waals surface area (Å²) in [6, 6.07) is 0. The minimum Gasteiger partial charge on any atom is -0.392 e. The molecule has 1 spiro atoms. The summed E-state index contributed by atoms with van der Waals surface area (Å²) in [5.74, 6) is 0.946. The average Bonchev–Trinajstić information content (AvgIpc) is 2.09. The number of hydrogen-bond donors (Lipinski definition) is 2. The van der Waals surface area contributed by atoms with Crippen LogP contribution in [0, 0.1) is 0 Å².